The van der Waals surface area contributed by atoms with Gasteiger partial charge in [-0.15, -0.1) is 0 Å². The third kappa shape index (κ3) is 5.95. The Labute approximate surface area is 255 Å². The van der Waals surface area contributed by atoms with E-state index in [1.54, 1.807) is 0 Å². The van der Waals surface area contributed by atoms with Crippen molar-refractivity contribution < 1.29 is 4.43 Å². The first-order valence-electron chi connectivity index (χ1n) is 15.2. The van der Waals surface area contributed by atoms with Gasteiger partial charge in [0.2, 0.25) is 0 Å². The molecule has 0 aromatic heterocycles. The summed E-state index contributed by atoms with van der Waals surface area (Å²) in [5.74, 6) is 0.389. The van der Waals surface area contributed by atoms with Crippen LogP contribution in [0.4, 0.5) is 0 Å². The fourth-order valence-electron chi connectivity index (χ4n) is 6.50. The summed E-state index contributed by atoms with van der Waals surface area (Å²) in [6.45, 7) is 10.2. The van der Waals surface area contributed by atoms with Crippen molar-refractivity contribution in [2.45, 2.75) is 39.2 Å². The Morgan fingerprint density at radius 3 is 1.19 bits per heavy atom. The van der Waals surface area contributed by atoms with Crippen LogP contribution in [0.25, 0.3) is 0 Å². The van der Waals surface area contributed by atoms with Gasteiger partial charge in [0.15, 0.2) is 0 Å². The Kier molecular flexibility index (Phi) is 9.59. The van der Waals surface area contributed by atoms with Gasteiger partial charge in [-0.1, -0.05) is 143 Å². The molecule has 5 aromatic carbocycles. The lowest BCUT2D eigenvalue weighted by Gasteiger charge is -2.44. The maximum Gasteiger partial charge on any atom is 0.261 e. The third-order valence-electron chi connectivity index (χ3n) is 8.65. The van der Waals surface area contributed by atoms with Crippen molar-refractivity contribution in [1.29, 1.82) is 0 Å². The summed E-state index contributed by atoms with van der Waals surface area (Å²) in [6.07, 6.45) is 2.13. The van der Waals surface area contributed by atoms with Crippen molar-refractivity contribution in [3.8, 4) is 0 Å². The highest BCUT2D eigenvalue weighted by molar-refractivity contribution is 7.95. The molecule has 0 N–H and O–H groups in total. The van der Waals surface area contributed by atoms with Crippen molar-refractivity contribution in [2.75, 3.05) is 12.8 Å². The first kappa shape index (κ1) is 30.2. The van der Waals surface area contributed by atoms with E-state index in [1.807, 2.05) is 0 Å². The lowest BCUT2D eigenvalue weighted by molar-refractivity contribution is 0.244. The second kappa shape index (κ2) is 13.3. The Hall–Kier alpha value is -3.29. The zero-order valence-electron chi connectivity index (χ0n) is 25.5. The van der Waals surface area contributed by atoms with E-state index in [-0.39, 0.29) is 5.04 Å². The fourth-order valence-corrected chi connectivity index (χ4v) is 15.9. The van der Waals surface area contributed by atoms with E-state index in [9.17, 15) is 0 Å². The van der Waals surface area contributed by atoms with Crippen molar-refractivity contribution in [2.24, 2.45) is 5.92 Å². The van der Waals surface area contributed by atoms with Gasteiger partial charge in [0.1, 0.15) is 23.2 Å². The number of benzene rings is 5. The van der Waals surface area contributed by atoms with Gasteiger partial charge in [-0.3, -0.25) is 0 Å². The molecule has 0 spiro atoms. The van der Waals surface area contributed by atoms with Gasteiger partial charge in [0.05, 0.1) is 6.16 Å². The Balaban J connectivity index is 1.61. The predicted octanol–water partition coefficient (Wildman–Crippen LogP) is 7.58. The zero-order chi connectivity index (χ0) is 29.5. The second-order valence-corrected chi connectivity index (χ2v) is 20.1. The quantitative estimate of drug-likeness (QED) is 0.114. The number of rotatable bonds is 11. The SMILES string of the molecule is CCC(CO[Si](c1ccccc1)(c1ccccc1)C(C)(C)C)C[P+](c1ccccc1)(c1ccccc1)c1ccccc1. The summed E-state index contributed by atoms with van der Waals surface area (Å²) in [6, 6.07) is 55.8. The van der Waals surface area contributed by atoms with Crippen molar-refractivity contribution >= 4 is 41.9 Å². The van der Waals surface area contributed by atoms with Crippen LogP contribution in [0.5, 0.6) is 0 Å². The van der Waals surface area contributed by atoms with Crippen LogP contribution in [0.15, 0.2) is 152 Å². The second-order valence-electron chi connectivity index (χ2n) is 12.2. The van der Waals surface area contributed by atoms with Crippen LogP contribution < -0.4 is 26.3 Å². The van der Waals surface area contributed by atoms with Crippen LogP contribution in [0.1, 0.15) is 34.1 Å². The molecule has 0 aliphatic heterocycles. The highest BCUT2D eigenvalue weighted by Gasteiger charge is 2.52. The van der Waals surface area contributed by atoms with E-state index < -0.39 is 15.6 Å². The molecule has 214 valence electrons. The van der Waals surface area contributed by atoms with E-state index >= 15 is 0 Å². The average molecular weight is 588 g/mol. The van der Waals surface area contributed by atoms with E-state index in [1.165, 1.54) is 26.3 Å². The van der Waals surface area contributed by atoms with E-state index in [0.29, 0.717) is 5.92 Å². The normalized spacial score (nSPS) is 13.0. The van der Waals surface area contributed by atoms with Crippen LogP contribution in [0.3, 0.4) is 0 Å². The summed E-state index contributed by atoms with van der Waals surface area (Å²) >= 11 is 0. The molecule has 0 amide bonds. The van der Waals surface area contributed by atoms with Gasteiger partial charge in [0.25, 0.3) is 8.32 Å². The minimum atomic E-state index is -2.63. The number of hydrogen-bond donors (Lipinski definition) is 0. The van der Waals surface area contributed by atoms with E-state index in [4.69, 9.17) is 4.43 Å². The minimum absolute atomic E-state index is 0.0431. The van der Waals surface area contributed by atoms with Gasteiger partial charge in [-0.25, -0.2) is 0 Å². The highest BCUT2D eigenvalue weighted by Crippen LogP contribution is 2.57. The fraction of sp³-hybridized carbons (Fsp3) is 0.231. The molecule has 0 radical (unpaired) electrons. The largest absolute Gasteiger partial charge is 0.407 e. The molecule has 0 saturated carbocycles. The van der Waals surface area contributed by atoms with Crippen LogP contribution in [0.2, 0.25) is 5.04 Å². The van der Waals surface area contributed by atoms with Crippen molar-refractivity contribution in [3.05, 3.63) is 152 Å². The standard InChI is InChI=1S/C39H44OPSi/c1-5-33(31-40-42(39(2,3)4,37-27-17-9-18-28-37)38-29-19-10-20-30-38)32-41(34-21-11-6-12-22-34,35-23-13-7-14-24-35)36-25-15-8-16-26-36/h6-30,33H,5,31-32H2,1-4H3/q+1. The summed E-state index contributed by atoms with van der Waals surface area (Å²) in [5.41, 5.74) is 0. The van der Waals surface area contributed by atoms with Gasteiger partial charge >= 0.3 is 0 Å². The van der Waals surface area contributed by atoms with Crippen molar-refractivity contribution in [3.63, 3.8) is 0 Å². The van der Waals surface area contributed by atoms with E-state index in [0.717, 1.165) is 19.2 Å². The maximum absolute atomic E-state index is 7.53. The molecule has 3 heteroatoms. The molecular formula is C39H44OPSi+. The Bertz CT molecular complexity index is 1360. The molecule has 5 rings (SSSR count). The van der Waals surface area contributed by atoms with Gasteiger partial charge in [0, 0.05) is 12.5 Å². The minimum Gasteiger partial charge on any atom is -0.407 e. The molecule has 0 fully saturated rings. The average Bonchev–Trinajstić information content (AvgIpc) is 3.04. The molecule has 0 bridgehead atoms. The summed E-state index contributed by atoms with van der Waals surface area (Å²) in [7, 11) is -4.59. The first-order valence-corrected chi connectivity index (χ1v) is 19.1. The molecule has 42 heavy (non-hydrogen) atoms. The number of hydrogen-bond acceptors (Lipinski definition) is 1. The molecule has 1 atom stereocenters. The van der Waals surface area contributed by atoms with Crippen molar-refractivity contribution in [1.82, 2.24) is 0 Å². The smallest absolute Gasteiger partial charge is 0.261 e. The Morgan fingerprint density at radius 2 is 0.881 bits per heavy atom. The molecule has 1 nitrogen and oxygen atoms in total. The monoisotopic (exact) mass is 587 g/mol. The highest BCUT2D eigenvalue weighted by atomic mass is 31.2. The molecule has 5 aromatic rings. The van der Waals surface area contributed by atoms with Crippen LogP contribution in [-0.2, 0) is 4.43 Å². The van der Waals surface area contributed by atoms with Crippen LogP contribution in [-0.4, -0.2) is 21.1 Å². The lowest BCUT2D eigenvalue weighted by atomic mass is 10.1. The van der Waals surface area contributed by atoms with Crippen LogP contribution >= 0.6 is 7.26 Å². The summed E-state index contributed by atoms with van der Waals surface area (Å²) in [4.78, 5) is 0. The predicted molar refractivity (Wildman–Crippen MR) is 187 cm³/mol. The van der Waals surface area contributed by atoms with Gasteiger partial charge in [-0.05, 0) is 58.2 Å². The maximum atomic E-state index is 7.53. The first-order chi connectivity index (χ1) is 20.4. The summed E-state index contributed by atoms with van der Waals surface area (Å²) < 4.78 is 7.53. The van der Waals surface area contributed by atoms with E-state index in [2.05, 4.69) is 179 Å². The molecule has 0 heterocycles. The molecule has 1 unspecified atom stereocenters. The molecular weight excluding hydrogens is 543 g/mol. The topological polar surface area (TPSA) is 9.23 Å². The lowest BCUT2D eigenvalue weighted by Crippen LogP contribution is -2.67. The zero-order valence-corrected chi connectivity index (χ0v) is 27.4. The molecule has 0 aliphatic rings. The van der Waals surface area contributed by atoms with Crippen LogP contribution in [0, 0.1) is 5.92 Å². The summed E-state index contributed by atoms with van der Waals surface area (Å²) in [5, 5.41) is 6.95. The van der Waals surface area contributed by atoms with Gasteiger partial charge < -0.3 is 4.43 Å². The molecule has 0 aliphatic carbocycles. The van der Waals surface area contributed by atoms with Gasteiger partial charge in [-0.2, -0.15) is 0 Å². The third-order valence-corrected chi connectivity index (χ3v) is 18.3. The molecule has 0 saturated heterocycles. The Morgan fingerprint density at radius 1 is 0.548 bits per heavy atom.